The van der Waals surface area contributed by atoms with Crippen molar-refractivity contribution < 1.29 is 45.8 Å². The number of ether oxygens (including phenoxy) is 2. The third kappa shape index (κ3) is 15.8. The molecule has 2 aromatic carbocycles. The summed E-state index contributed by atoms with van der Waals surface area (Å²) in [5, 5.41) is 23.8. The van der Waals surface area contributed by atoms with E-state index >= 15 is 0 Å². The van der Waals surface area contributed by atoms with Gasteiger partial charge in [-0.05, 0) is 82.8 Å². The molecule has 0 aliphatic heterocycles. The molecule has 10 aromatic rings. The SMILES string of the molecule is CCC[CH2][Sn]([CH2]CCC)([CH2]CCC)[c]1ccc2nc(NC(=O)[C@@H]3C[C@@H]3F)sc2n1.CCOc1c(F)c(Cl)c(-c2ccc3nc(NC(=O)[C@@H]4C[C@@H]4F)sc3n2)c2cn[nH]c12.CCOc1c(F)c(Cl)c(Br)c2cn[nH]c12.O=C(Nc1nc2ccc(Br)nc2s1)[C@@H]1C[C@@H]1F. The molecule has 3 aliphatic rings. The number of carbonyl (C=O) groups is 3. The third-order valence-electron chi connectivity index (χ3n) is 15.4. The van der Waals surface area contributed by atoms with Crippen LogP contribution in [0.5, 0.6) is 11.5 Å². The van der Waals surface area contributed by atoms with Crippen molar-refractivity contribution in [2.75, 3.05) is 29.2 Å². The summed E-state index contributed by atoms with van der Waals surface area (Å²) >= 11 is 19.9. The number of anilines is 3. The summed E-state index contributed by atoms with van der Waals surface area (Å²) in [6.45, 7) is 11.0. The molecule has 13 rings (SSSR count). The van der Waals surface area contributed by atoms with E-state index < -0.39 is 72.2 Å². The second-order valence-electron chi connectivity index (χ2n) is 22.0. The molecule has 8 aromatic heterocycles. The van der Waals surface area contributed by atoms with Crippen LogP contribution in [0.2, 0.25) is 23.4 Å². The van der Waals surface area contributed by atoms with Crippen LogP contribution in [0.1, 0.15) is 92.4 Å². The van der Waals surface area contributed by atoms with Crippen molar-refractivity contribution >= 4 is 197 Å². The standard InChI is InChI=1S/C19H14ClF2N5O2S.C10H7BrFN3OS.C10H7FN3OS.C9H7BrClFN2O.3C4H9.Sn/c1-2-29-16-14(22)13(20)12(8-6-23-27-15(8)16)10-3-4-11-18(24-10)30-19(25-11)26-17(28)7-5-9(7)21;11-7-2-1-6-9(14-7)17-10(13-6)15-8(16)4-3-5(4)12;11-6-4-5(6)8(15)14-10-13-7-2-1-3-12-9(7)16-10;1-2-15-9-7(12)6(11)5(10)4-3-13-14-8(4)9;3*1-3-4-2;/h3-4,6-7,9H,2,5H2,1H3,(H,23,27)(H,25,26,28);1-2,4-5H,3H2,(H,13,15,16);1-2,5-6H,4H2,(H,13,14,15);3H,2H2,1H3,(H,13,14);3*1,3-4H2,2H3;/t7-,9+;4-,5+;5-,6+;;;;;/m111...../s1. The summed E-state index contributed by atoms with van der Waals surface area (Å²) in [7, 11) is 0. The molecule has 31 heteroatoms. The number of aromatic nitrogens is 10. The van der Waals surface area contributed by atoms with Crippen molar-refractivity contribution in [3.8, 4) is 22.8 Å². The first kappa shape index (κ1) is 68.4. The van der Waals surface area contributed by atoms with Crippen LogP contribution in [0.4, 0.5) is 37.3 Å². The Balaban J connectivity index is 0.000000139. The number of halogens is 9. The van der Waals surface area contributed by atoms with Crippen molar-refractivity contribution in [3.63, 3.8) is 0 Å². The zero-order chi connectivity index (χ0) is 64.8. The number of fused-ring (bicyclic) bond motifs is 5. The van der Waals surface area contributed by atoms with Gasteiger partial charge in [0.15, 0.2) is 33.4 Å². The van der Waals surface area contributed by atoms with Crippen LogP contribution in [0.15, 0.2) is 57.9 Å². The molecular weight excluding hydrogens is 1520 g/mol. The number of pyridine rings is 3. The first-order chi connectivity index (χ1) is 43.8. The number of rotatable bonds is 21. The van der Waals surface area contributed by atoms with Crippen LogP contribution in [0, 0.1) is 29.4 Å². The molecule has 482 valence electrons. The summed E-state index contributed by atoms with van der Waals surface area (Å²) in [5.41, 5.74) is 3.81. The van der Waals surface area contributed by atoms with Gasteiger partial charge in [0.25, 0.3) is 0 Å². The number of nitrogens with one attached hydrogen (secondary N) is 5. The van der Waals surface area contributed by atoms with Gasteiger partial charge in [-0.1, -0.05) is 45.9 Å². The van der Waals surface area contributed by atoms with Crippen molar-refractivity contribution in [2.45, 2.75) is 124 Å². The van der Waals surface area contributed by atoms with Crippen LogP contribution in [-0.4, -0.2) is 118 Å². The number of H-pyrrole nitrogens is 2. The Kier molecular flexibility index (Phi) is 22.7. The van der Waals surface area contributed by atoms with E-state index in [1.54, 1.807) is 38.2 Å². The van der Waals surface area contributed by atoms with E-state index in [1.807, 2.05) is 6.07 Å². The molecule has 18 nitrogen and oxygen atoms in total. The minimum absolute atomic E-state index is 0.00681. The first-order valence-corrected chi connectivity index (χ1v) is 42.0. The van der Waals surface area contributed by atoms with Crippen LogP contribution >= 0.6 is 89.1 Å². The van der Waals surface area contributed by atoms with Gasteiger partial charge in [-0.15, -0.1) is 0 Å². The summed E-state index contributed by atoms with van der Waals surface area (Å²) < 4.78 is 84.8. The number of aromatic amines is 2. The number of hydrogen-bond donors (Lipinski definition) is 5. The Morgan fingerprint density at radius 3 is 1.44 bits per heavy atom. The van der Waals surface area contributed by atoms with E-state index in [9.17, 15) is 36.3 Å². The molecular formula is C60H62Br2Cl2F5N13O5S3Sn. The normalized spacial score (nSPS) is 18.0. The third-order valence-corrected chi connectivity index (χ3v) is 35.4. The summed E-state index contributed by atoms with van der Waals surface area (Å²) in [4.78, 5) is 64.6. The van der Waals surface area contributed by atoms with Gasteiger partial charge < -0.3 is 20.1 Å². The minimum Gasteiger partial charge on any atom is -0.489 e. The molecule has 0 spiro atoms. The monoisotopic (exact) mass is 1580 g/mol. The number of nitrogens with zero attached hydrogens (tertiary/aromatic N) is 8. The summed E-state index contributed by atoms with van der Waals surface area (Å²) in [6, 6.07) is 11.3. The Hall–Kier alpha value is -5.50. The molecule has 6 atom stereocenters. The number of benzene rings is 2. The molecule has 5 N–H and O–H groups in total. The Bertz CT molecular complexity index is 4280. The fraction of sp³-hybridized carbons (Fsp3) is 0.417. The van der Waals surface area contributed by atoms with Crippen LogP contribution in [0.3, 0.4) is 0 Å². The van der Waals surface area contributed by atoms with Crippen molar-refractivity contribution in [1.82, 2.24) is 50.3 Å². The van der Waals surface area contributed by atoms with Gasteiger partial charge >= 0.3 is 183 Å². The molecule has 3 aliphatic carbocycles. The minimum atomic E-state index is -2.57. The predicted octanol–water partition coefficient (Wildman–Crippen LogP) is 17.0. The molecule has 3 amide bonds. The number of amides is 3. The molecule has 0 saturated heterocycles. The predicted molar refractivity (Wildman–Crippen MR) is 361 cm³/mol. The summed E-state index contributed by atoms with van der Waals surface area (Å²) in [6.07, 6.45) is 8.57. The second kappa shape index (κ2) is 30.3. The quantitative estimate of drug-likeness (QED) is 0.0195. The molecule has 91 heavy (non-hydrogen) atoms. The number of thiazole rings is 3. The fourth-order valence-corrected chi connectivity index (χ4v) is 29.7. The molecule has 3 saturated carbocycles. The van der Waals surface area contributed by atoms with Crippen LogP contribution in [0.25, 0.3) is 64.1 Å². The number of carbonyl (C=O) groups excluding carboxylic acids is 3. The molecule has 0 radical (unpaired) electrons. The van der Waals surface area contributed by atoms with Crippen LogP contribution < -0.4 is 29.1 Å². The molecule has 0 unspecified atom stereocenters. The average Bonchev–Trinajstić information content (AvgIpc) is 1.53. The van der Waals surface area contributed by atoms with E-state index in [4.69, 9.17) is 37.7 Å². The smallest absolute Gasteiger partial charge is 0.232 e. The largest absolute Gasteiger partial charge is 0.489 e. The van der Waals surface area contributed by atoms with Crippen LogP contribution in [-0.2, 0) is 14.4 Å². The molecule has 8 heterocycles. The maximum Gasteiger partial charge on any atom is 0.232 e. The zero-order valence-corrected chi connectivity index (χ0v) is 59.7. The van der Waals surface area contributed by atoms with Gasteiger partial charge in [0.2, 0.25) is 11.8 Å². The van der Waals surface area contributed by atoms with Gasteiger partial charge in [0, 0.05) is 16.3 Å². The maximum atomic E-state index is 14.9. The fourth-order valence-electron chi connectivity index (χ4n) is 10.2. The molecule has 0 bridgehead atoms. The first-order valence-electron chi connectivity index (χ1n) is 29.7. The van der Waals surface area contributed by atoms with E-state index in [1.165, 1.54) is 84.4 Å². The van der Waals surface area contributed by atoms with Gasteiger partial charge in [0.1, 0.15) is 48.7 Å². The van der Waals surface area contributed by atoms with E-state index in [0.29, 0.717) is 82.7 Å². The number of hydrogen-bond acceptors (Lipinski definition) is 16. The van der Waals surface area contributed by atoms with Gasteiger partial charge in [-0.3, -0.25) is 19.8 Å². The molecule has 3 fully saturated rings. The zero-order valence-electron chi connectivity index (χ0n) is 49.7. The maximum absolute atomic E-state index is 14.9. The summed E-state index contributed by atoms with van der Waals surface area (Å²) in [5.74, 6) is -3.70. The Labute approximate surface area is 561 Å². The van der Waals surface area contributed by atoms with Gasteiger partial charge in [-0.2, -0.15) is 10.2 Å². The van der Waals surface area contributed by atoms with Crippen molar-refractivity contribution in [2.24, 2.45) is 17.8 Å². The van der Waals surface area contributed by atoms with E-state index in [0.717, 1.165) is 36.6 Å². The van der Waals surface area contributed by atoms with E-state index in [2.05, 4.69) is 126 Å². The number of unbranched alkanes of at least 4 members (excludes halogenated alkanes) is 3. The second-order valence-corrected chi connectivity index (χ2v) is 40.3. The topological polar surface area (TPSA) is 240 Å². The Morgan fingerprint density at radius 2 is 0.989 bits per heavy atom. The average molecular weight is 1590 g/mol. The van der Waals surface area contributed by atoms with E-state index in [-0.39, 0.29) is 46.4 Å². The Morgan fingerprint density at radius 1 is 0.582 bits per heavy atom. The van der Waals surface area contributed by atoms with Gasteiger partial charge in [0.05, 0.1) is 57.7 Å². The van der Waals surface area contributed by atoms with Crippen molar-refractivity contribution in [1.29, 1.82) is 0 Å². The van der Waals surface area contributed by atoms with Gasteiger partial charge in [-0.25, -0.2) is 37.5 Å². The number of alkyl halides is 3. The van der Waals surface area contributed by atoms with Crippen molar-refractivity contribution in [3.05, 3.63) is 79.5 Å².